The Bertz CT molecular complexity index is 1310. The lowest BCUT2D eigenvalue weighted by atomic mass is 10.1. The van der Waals surface area contributed by atoms with Gasteiger partial charge in [0.25, 0.3) is 0 Å². The van der Waals surface area contributed by atoms with Gasteiger partial charge in [-0.3, -0.25) is 14.5 Å². The minimum Gasteiger partial charge on any atom is -0.451 e. The Kier molecular flexibility index (Phi) is 5.53. The summed E-state index contributed by atoms with van der Waals surface area (Å²) < 4.78 is 5.90. The van der Waals surface area contributed by atoms with E-state index in [0.717, 1.165) is 54.9 Å². The maximum atomic E-state index is 13.0. The average Bonchev–Trinajstić information content (AvgIpc) is 3.32. The summed E-state index contributed by atoms with van der Waals surface area (Å²) in [5.74, 6) is 0.0565. The molecule has 0 bridgehead atoms. The fraction of sp³-hybridized carbons (Fsp3) is 0.250. The second-order valence-electron chi connectivity index (χ2n) is 8.97. The molecular formula is C28H27N3O3. The van der Waals surface area contributed by atoms with Gasteiger partial charge in [0, 0.05) is 43.8 Å². The average molecular weight is 454 g/mol. The zero-order chi connectivity index (χ0) is 22.9. The molecule has 0 radical (unpaired) electrons. The highest BCUT2D eigenvalue weighted by atomic mass is 16.7. The fourth-order valence-corrected chi connectivity index (χ4v) is 4.79. The summed E-state index contributed by atoms with van der Waals surface area (Å²) in [5, 5.41) is 2.33. The van der Waals surface area contributed by atoms with Crippen LogP contribution >= 0.6 is 0 Å². The van der Waals surface area contributed by atoms with Gasteiger partial charge in [-0.25, -0.2) is 5.06 Å². The molecule has 0 unspecified atom stereocenters. The molecule has 3 aromatic carbocycles. The number of fused-ring (bicyclic) bond motifs is 2. The number of hydrogen-bond donors (Lipinski definition) is 0. The maximum absolute atomic E-state index is 13.0. The Hall–Kier alpha value is -3.61. The van der Waals surface area contributed by atoms with Crippen LogP contribution in [0.4, 0.5) is 5.69 Å². The summed E-state index contributed by atoms with van der Waals surface area (Å²) in [5.41, 5.74) is 5.45. The fourth-order valence-electron chi connectivity index (χ4n) is 4.79. The normalized spacial score (nSPS) is 16.6. The van der Waals surface area contributed by atoms with Gasteiger partial charge in [0.1, 0.15) is 12.2 Å². The molecule has 1 saturated heterocycles. The first kappa shape index (κ1) is 21.0. The van der Waals surface area contributed by atoms with Gasteiger partial charge in [0.2, 0.25) is 0 Å². The Morgan fingerprint density at radius 3 is 2.41 bits per heavy atom. The van der Waals surface area contributed by atoms with E-state index in [4.69, 9.17) is 9.25 Å². The molecule has 0 atom stereocenters. The van der Waals surface area contributed by atoms with Gasteiger partial charge in [-0.2, -0.15) is 0 Å². The third kappa shape index (κ3) is 4.18. The number of piperazine rings is 1. The van der Waals surface area contributed by atoms with E-state index >= 15 is 0 Å². The number of nitrogens with zero attached hydrogens (tertiary/aromatic N) is 3. The van der Waals surface area contributed by atoms with Crippen molar-refractivity contribution in [1.82, 2.24) is 9.96 Å². The van der Waals surface area contributed by atoms with E-state index < -0.39 is 0 Å². The standard InChI is InChI=1S/C28H27N3O3/c32-28(31-19-22-8-4-5-9-23(22)20-33-31)27-17-24-16-25(10-11-26(24)34-27)30-14-12-29(13-15-30)18-21-6-2-1-3-7-21/h1-11,16-17H,12-15,18-20H2. The molecule has 34 heavy (non-hydrogen) atoms. The summed E-state index contributed by atoms with van der Waals surface area (Å²) in [6.07, 6.45) is 0. The molecule has 4 aromatic rings. The Labute approximate surface area is 198 Å². The van der Waals surface area contributed by atoms with Crippen molar-refractivity contribution in [2.45, 2.75) is 19.7 Å². The Morgan fingerprint density at radius 2 is 1.59 bits per heavy atom. The first-order valence-corrected chi connectivity index (χ1v) is 11.8. The first-order chi connectivity index (χ1) is 16.7. The van der Waals surface area contributed by atoms with Crippen LogP contribution in [-0.2, 0) is 24.5 Å². The second kappa shape index (κ2) is 8.97. The number of benzene rings is 3. The van der Waals surface area contributed by atoms with E-state index in [1.807, 2.05) is 36.4 Å². The summed E-state index contributed by atoms with van der Waals surface area (Å²) >= 11 is 0. The van der Waals surface area contributed by atoms with Crippen LogP contribution in [0.1, 0.15) is 27.2 Å². The van der Waals surface area contributed by atoms with Gasteiger partial charge in [0.15, 0.2) is 5.76 Å². The largest absolute Gasteiger partial charge is 0.451 e. The Balaban J connectivity index is 1.13. The van der Waals surface area contributed by atoms with E-state index in [1.54, 1.807) is 0 Å². The molecule has 1 amide bonds. The summed E-state index contributed by atoms with van der Waals surface area (Å²) in [6, 6.07) is 26.7. The lowest BCUT2D eigenvalue weighted by Gasteiger charge is -2.36. The number of amides is 1. The molecule has 6 heteroatoms. The molecule has 3 heterocycles. The van der Waals surface area contributed by atoms with Crippen LogP contribution in [0.2, 0.25) is 0 Å². The zero-order valence-electron chi connectivity index (χ0n) is 19.0. The van der Waals surface area contributed by atoms with Gasteiger partial charge < -0.3 is 9.32 Å². The molecule has 0 spiro atoms. The number of carbonyl (C=O) groups excluding carboxylic acids is 1. The van der Waals surface area contributed by atoms with E-state index in [9.17, 15) is 4.79 Å². The highest BCUT2D eigenvalue weighted by molar-refractivity contribution is 5.96. The van der Waals surface area contributed by atoms with Crippen molar-refractivity contribution in [2.75, 3.05) is 31.1 Å². The third-order valence-corrected chi connectivity index (χ3v) is 6.73. The topological polar surface area (TPSA) is 49.2 Å². The first-order valence-electron chi connectivity index (χ1n) is 11.8. The van der Waals surface area contributed by atoms with Crippen molar-refractivity contribution in [3.8, 4) is 0 Å². The van der Waals surface area contributed by atoms with E-state index in [1.165, 1.54) is 10.6 Å². The van der Waals surface area contributed by atoms with Crippen molar-refractivity contribution >= 4 is 22.6 Å². The molecule has 1 aromatic heterocycles. The van der Waals surface area contributed by atoms with Crippen molar-refractivity contribution in [3.63, 3.8) is 0 Å². The van der Waals surface area contributed by atoms with E-state index in [-0.39, 0.29) is 5.91 Å². The third-order valence-electron chi connectivity index (χ3n) is 6.73. The molecule has 6 nitrogen and oxygen atoms in total. The van der Waals surface area contributed by atoms with Crippen LogP contribution in [0.25, 0.3) is 11.0 Å². The molecule has 172 valence electrons. The minimum absolute atomic E-state index is 0.248. The monoisotopic (exact) mass is 453 g/mol. The lowest BCUT2D eigenvalue weighted by Crippen LogP contribution is -2.45. The molecule has 1 fully saturated rings. The SMILES string of the molecule is O=C(c1cc2cc(N3CCN(Cc4ccccc4)CC3)ccc2o1)N1Cc2ccccc2CO1. The number of hydrogen-bond acceptors (Lipinski definition) is 5. The van der Waals surface area contributed by atoms with Crippen molar-refractivity contribution in [1.29, 1.82) is 0 Å². The van der Waals surface area contributed by atoms with Crippen LogP contribution in [-0.4, -0.2) is 42.0 Å². The molecular weight excluding hydrogens is 426 g/mol. The Morgan fingerprint density at radius 1 is 0.824 bits per heavy atom. The molecule has 0 aliphatic carbocycles. The quantitative estimate of drug-likeness (QED) is 0.442. The second-order valence-corrected chi connectivity index (χ2v) is 8.97. The van der Waals surface area contributed by atoms with Crippen molar-refractivity contribution < 1.29 is 14.0 Å². The number of anilines is 1. The molecule has 2 aliphatic rings. The van der Waals surface area contributed by atoms with Crippen LogP contribution in [0.5, 0.6) is 0 Å². The van der Waals surface area contributed by atoms with Gasteiger partial charge in [-0.15, -0.1) is 0 Å². The number of hydroxylamine groups is 2. The highest BCUT2D eigenvalue weighted by Gasteiger charge is 2.26. The summed E-state index contributed by atoms with van der Waals surface area (Å²) in [7, 11) is 0. The molecule has 0 N–H and O–H groups in total. The maximum Gasteiger partial charge on any atom is 0.313 e. The van der Waals surface area contributed by atoms with E-state index in [0.29, 0.717) is 24.5 Å². The smallest absolute Gasteiger partial charge is 0.313 e. The summed E-state index contributed by atoms with van der Waals surface area (Å²) in [6.45, 7) is 5.80. The predicted octanol–water partition coefficient (Wildman–Crippen LogP) is 4.84. The molecule has 6 rings (SSSR count). The molecule has 2 aliphatic heterocycles. The van der Waals surface area contributed by atoms with Crippen LogP contribution in [0, 0.1) is 0 Å². The van der Waals surface area contributed by atoms with Gasteiger partial charge in [-0.1, -0.05) is 54.6 Å². The van der Waals surface area contributed by atoms with Crippen molar-refractivity contribution in [2.24, 2.45) is 0 Å². The van der Waals surface area contributed by atoms with Gasteiger partial charge in [0.05, 0.1) is 6.54 Å². The number of carbonyl (C=O) groups is 1. The van der Waals surface area contributed by atoms with Crippen LogP contribution in [0.3, 0.4) is 0 Å². The predicted molar refractivity (Wildman–Crippen MR) is 131 cm³/mol. The van der Waals surface area contributed by atoms with Crippen LogP contribution < -0.4 is 4.90 Å². The van der Waals surface area contributed by atoms with E-state index in [2.05, 4.69) is 52.3 Å². The minimum atomic E-state index is -0.248. The highest BCUT2D eigenvalue weighted by Crippen LogP contribution is 2.28. The zero-order valence-corrected chi connectivity index (χ0v) is 19.0. The molecule has 0 saturated carbocycles. The van der Waals surface area contributed by atoms with Crippen molar-refractivity contribution in [3.05, 3.63) is 101 Å². The van der Waals surface area contributed by atoms with Crippen LogP contribution in [0.15, 0.2) is 83.3 Å². The summed E-state index contributed by atoms with van der Waals surface area (Å²) in [4.78, 5) is 23.6. The lowest BCUT2D eigenvalue weighted by molar-refractivity contribution is -0.150. The number of rotatable bonds is 4. The van der Waals surface area contributed by atoms with Gasteiger partial charge >= 0.3 is 5.91 Å². The number of furan rings is 1. The van der Waals surface area contributed by atoms with Gasteiger partial charge in [-0.05, 0) is 41.0 Å².